The summed E-state index contributed by atoms with van der Waals surface area (Å²) in [7, 11) is 0. The Bertz CT molecular complexity index is 968. The van der Waals surface area contributed by atoms with Crippen molar-refractivity contribution < 1.29 is 18.0 Å². The molecule has 1 aromatic heterocycles. The van der Waals surface area contributed by atoms with Crippen LogP contribution in [0, 0.1) is 0 Å². The number of pyridine rings is 1. The minimum atomic E-state index is -4.54. The maximum absolute atomic E-state index is 13.6. The van der Waals surface area contributed by atoms with Crippen LogP contribution in [-0.4, -0.2) is 29.1 Å². The van der Waals surface area contributed by atoms with Gasteiger partial charge in [-0.15, -0.1) is 0 Å². The van der Waals surface area contributed by atoms with Gasteiger partial charge in [0.25, 0.3) is 11.5 Å². The first-order chi connectivity index (χ1) is 13.8. The fourth-order valence-electron chi connectivity index (χ4n) is 3.18. The predicted octanol–water partition coefficient (Wildman–Crippen LogP) is 3.51. The third kappa shape index (κ3) is 5.14. The number of alkyl halides is 3. The fourth-order valence-corrected chi connectivity index (χ4v) is 3.40. The van der Waals surface area contributed by atoms with Gasteiger partial charge in [-0.05, 0) is 61.8 Å². The van der Waals surface area contributed by atoms with E-state index in [4.69, 9.17) is 12.2 Å². The van der Waals surface area contributed by atoms with Crippen molar-refractivity contribution in [3.05, 3.63) is 58.0 Å². The number of hydrogen-bond donors (Lipinski definition) is 3. The van der Waals surface area contributed by atoms with Gasteiger partial charge in [0.2, 0.25) is 0 Å². The standard InChI is InChI=1S/C19H19F3N4O2S/c20-19(21,22)14-11-12(6-7-15(14)26-9-2-1-3-10-26)24-18(29)25-17(28)13-5-4-8-23-16(13)27/h4-8,11H,1-3,9-10H2,(H,23,27)(H2,24,25,28,29). The maximum atomic E-state index is 13.6. The van der Waals surface area contributed by atoms with Crippen LogP contribution in [0.15, 0.2) is 41.3 Å². The van der Waals surface area contributed by atoms with E-state index in [0.29, 0.717) is 13.1 Å². The quantitative estimate of drug-likeness (QED) is 0.658. The number of rotatable bonds is 3. The zero-order valence-corrected chi connectivity index (χ0v) is 16.1. The number of halogens is 3. The first-order valence-corrected chi connectivity index (χ1v) is 9.43. The molecule has 0 bridgehead atoms. The minimum Gasteiger partial charge on any atom is -0.371 e. The molecule has 2 aromatic rings. The molecule has 2 heterocycles. The highest BCUT2D eigenvalue weighted by atomic mass is 32.1. The van der Waals surface area contributed by atoms with E-state index in [-0.39, 0.29) is 22.1 Å². The second-order valence-electron chi connectivity index (χ2n) is 6.60. The Morgan fingerprint density at radius 3 is 2.52 bits per heavy atom. The van der Waals surface area contributed by atoms with Gasteiger partial charge in [0.1, 0.15) is 5.56 Å². The highest BCUT2D eigenvalue weighted by Gasteiger charge is 2.35. The van der Waals surface area contributed by atoms with Gasteiger partial charge in [0, 0.05) is 30.7 Å². The molecule has 1 saturated heterocycles. The van der Waals surface area contributed by atoms with Crippen molar-refractivity contribution in [2.24, 2.45) is 0 Å². The summed E-state index contributed by atoms with van der Waals surface area (Å²) in [6.07, 6.45) is -0.446. The van der Waals surface area contributed by atoms with Crippen LogP contribution in [0.1, 0.15) is 35.2 Å². The summed E-state index contributed by atoms with van der Waals surface area (Å²) in [4.78, 5) is 27.8. The Labute approximate surface area is 170 Å². The molecular weight excluding hydrogens is 405 g/mol. The number of carbonyl (C=O) groups excluding carboxylic acids is 1. The molecule has 1 aliphatic rings. The Morgan fingerprint density at radius 2 is 1.86 bits per heavy atom. The largest absolute Gasteiger partial charge is 0.418 e. The van der Waals surface area contributed by atoms with Gasteiger partial charge < -0.3 is 15.2 Å². The molecule has 0 saturated carbocycles. The zero-order chi connectivity index (χ0) is 21.0. The molecule has 1 aliphatic heterocycles. The van der Waals surface area contributed by atoms with Gasteiger partial charge in [0.05, 0.1) is 5.56 Å². The number of amides is 1. The van der Waals surface area contributed by atoms with Crippen LogP contribution in [0.25, 0.3) is 0 Å². The molecule has 0 aliphatic carbocycles. The number of anilines is 2. The smallest absolute Gasteiger partial charge is 0.371 e. The number of piperidine rings is 1. The predicted molar refractivity (Wildman–Crippen MR) is 108 cm³/mol. The van der Waals surface area contributed by atoms with Gasteiger partial charge in [-0.25, -0.2) is 0 Å². The van der Waals surface area contributed by atoms with E-state index in [2.05, 4.69) is 15.6 Å². The average molecular weight is 424 g/mol. The molecule has 0 spiro atoms. The number of carbonyl (C=O) groups is 1. The molecule has 3 rings (SSSR count). The lowest BCUT2D eigenvalue weighted by atomic mass is 10.1. The minimum absolute atomic E-state index is 0.0883. The number of thiocarbonyl (C=S) groups is 1. The van der Waals surface area contributed by atoms with E-state index in [1.165, 1.54) is 30.5 Å². The van der Waals surface area contributed by atoms with Crippen molar-refractivity contribution in [2.45, 2.75) is 25.4 Å². The number of aromatic nitrogens is 1. The summed E-state index contributed by atoms with van der Waals surface area (Å²) in [5.74, 6) is -0.759. The van der Waals surface area contributed by atoms with E-state index >= 15 is 0 Å². The molecule has 154 valence electrons. The van der Waals surface area contributed by atoms with E-state index in [1.54, 1.807) is 4.90 Å². The SMILES string of the molecule is O=C(NC(=S)Nc1ccc(N2CCCCC2)c(C(F)(F)F)c1)c1ccc[nH]c1=O. The number of H-pyrrole nitrogens is 1. The Kier molecular flexibility index (Phi) is 6.21. The first kappa shape index (κ1) is 20.8. The highest BCUT2D eigenvalue weighted by Crippen LogP contribution is 2.39. The number of aromatic amines is 1. The maximum Gasteiger partial charge on any atom is 0.418 e. The zero-order valence-electron chi connectivity index (χ0n) is 15.3. The van der Waals surface area contributed by atoms with E-state index in [1.807, 2.05) is 0 Å². The van der Waals surface area contributed by atoms with Crippen LogP contribution >= 0.6 is 12.2 Å². The molecule has 0 radical (unpaired) electrons. The number of nitrogens with one attached hydrogen (secondary N) is 3. The third-order valence-corrected chi connectivity index (χ3v) is 4.75. The summed E-state index contributed by atoms with van der Waals surface area (Å²) < 4.78 is 40.8. The van der Waals surface area contributed by atoms with Crippen molar-refractivity contribution in [1.82, 2.24) is 10.3 Å². The van der Waals surface area contributed by atoms with Crippen molar-refractivity contribution in [1.29, 1.82) is 0 Å². The van der Waals surface area contributed by atoms with Crippen LogP contribution in [-0.2, 0) is 6.18 Å². The van der Waals surface area contributed by atoms with E-state index in [9.17, 15) is 22.8 Å². The van der Waals surface area contributed by atoms with Gasteiger partial charge in [-0.2, -0.15) is 13.2 Å². The molecule has 6 nitrogen and oxygen atoms in total. The summed E-state index contributed by atoms with van der Waals surface area (Å²) in [5, 5.41) is 4.65. The van der Waals surface area contributed by atoms with Gasteiger partial charge in [-0.3, -0.25) is 14.9 Å². The third-order valence-electron chi connectivity index (χ3n) is 4.55. The Balaban J connectivity index is 1.76. The Hall–Kier alpha value is -2.88. The van der Waals surface area contributed by atoms with Crippen molar-refractivity contribution in [3.8, 4) is 0 Å². The topological polar surface area (TPSA) is 77.2 Å². The average Bonchev–Trinajstić information content (AvgIpc) is 2.68. The summed E-state index contributed by atoms with van der Waals surface area (Å²) in [5.41, 5.74) is -1.30. The second-order valence-corrected chi connectivity index (χ2v) is 7.01. The molecule has 1 aromatic carbocycles. The lowest BCUT2D eigenvalue weighted by molar-refractivity contribution is -0.137. The lowest BCUT2D eigenvalue weighted by Gasteiger charge is -2.31. The van der Waals surface area contributed by atoms with Crippen LogP contribution in [0.4, 0.5) is 24.5 Å². The number of benzene rings is 1. The molecule has 3 N–H and O–H groups in total. The van der Waals surface area contributed by atoms with Gasteiger partial charge in [-0.1, -0.05) is 0 Å². The molecule has 1 amide bonds. The fraction of sp³-hybridized carbons (Fsp3) is 0.316. The van der Waals surface area contributed by atoms with Crippen molar-refractivity contribution in [2.75, 3.05) is 23.3 Å². The molecule has 29 heavy (non-hydrogen) atoms. The molecular formula is C19H19F3N4O2S. The Morgan fingerprint density at radius 1 is 1.14 bits per heavy atom. The van der Waals surface area contributed by atoms with E-state index in [0.717, 1.165) is 25.3 Å². The molecule has 0 atom stereocenters. The summed E-state index contributed by atoms with van der Waals surface area (Å²) in [6, 6.07) is 6.64. The van der Waals surface area contributed by atoms with Crippen LogP contribution in [0.5, 0.6) is 0 Å². The second kappa shape index (κ2) is 8.64. The van der Waals surface area contributed by atoms with Crippen molar-refractivity contribution in [3.63, 3.8) is 0 Å². The van der Waals surface area contributed by atoms with Crippen LogP contribution in [0.3, 0.4) is 0 Å². The van der Waals surface area contributed by atoms with Crippen LogP contribution < -0.4 is 21.1 Å². The molecule has 0 unspecified atom stereocenters. The first-order valence-electron chi connectivity index (χ1n) is 9.02. The number of hydrogen-bond acceptors (Lipinski definition) is 4. The highest BCUT2D eigenvalue weighted by molar-refractivity contribution is 7.80. The summed E-state index contributed by atoms with van der Waals surface area (Å²) in [6.45, 7) is 1.16. The van der Waals surface area contributed by atoms with Crippen molar-refractivity contribution >= 4 is 34.6 Å². The normalized spacial score (nSPS) is 14.4. The molecule has 1 fully saturated rings. The summed E-state index contributed by atoms with van der Waals surface area (Å²) >= 11 is 5.00. The van der Waals surface area contributed by atoms with Gasteiger partial charge in [0.15, 0.2) is 5.11 Å². The van der Waals surface area contributed by atoms with Crippen LogP contribution in [0.2, 0.25) is 0 Å². The molecule has 10 heteroatoms. The lowest BCUT2D eigenvalue weighted by Crippen LogP contribution is -2.37. The number of nitrogens with zero attached hydrogens (tertiary/aromatic N) is 1. The van der Waals surface area contributed by atoms with E-state index < -0.39 is 23.2 Å². The monoisotopic (exact) mass is 424 g/mol. The van der Waals surface area contributed by atoms with Gasteiger partial charge >= 0.3 is 6.18 Å².